The summed E-state index contributed by atoms with van der Waals surface area (Å²) in [6.45, 7) is 3.56. The molecule has 0 saturated carbocycles. The van der Waals surface area contributed by atoms with Gasteiger partial charge in [0.05, 0.1) is 27.3 Å². The third-order valence-electron chi connectivity index (χ3n) is 4.48. The van der Waals surface area contributed by atoms with Crippen molar-refractivity contribution in [1.29, 1.82) is 0 Å². The lowest BCUT2D eigenvalue weighted by atomic mass is 10.0. The molecule has 1 aromatic heterocycles. The van der Waals surface area contributed by atoms with Gasteiger partial charge < -0.3 is 15.4 Å². The first-order valence-corrected chi connectivity index (χ1v) is 10.4. The van der Waals surface area contributed by atoms with Gasteiger partial charge in [-0.05, 0) is 24.1 Å². The van der Waals surface area contributed by atoms with Crippen LogP contribution in [0.3, 0.4) is 0 Å². The Hall–Kier alpha value is -3.24. The van der Waals surface area contributed by atoms with Gasteiger partial charge in [-0.2, -0.15) is 0 Å². The van der Waals surface area contributed by atoms with Crippen LogP contribution in [0.2, 0.25) is 5.02 Å². The van der Waals surface area contributed by atoms with Gasteiger partial charge in [0.25, 0.3) is 11.6 Å². The molecule has 0 unspecified atom stereocenters. The number of methoxy groups -OCH3 is 1. The lowest BCUT2D eigenvalue weighted by Crippen LogP contribution is -2.47. The van der Waals surface area contributed by atoms with Gasteiger partial charge in [-0.3, -0.25) is 19.7 Å². The zero-order valence-electron chi connectivity index (χ0n) is 16.8. The number of nitrogens with one attached hydrogen (secondary N) is 2. The van der Waals surface area contributed by atoms with Crippen molar-refractivity contribution < 1.29 is 19.2 Å². The maximum Gasteiger partial charge on any atom is 0.270 e. The highest BCUT2D eigenvalue weighted by atomic mass is 35.5. The van der Waals surface area contributed by atoms with E-state index in [0.717, 1.165) is 10.8 Å². The quantitative estimate of drug-likeness (QED) is 0.399. The Balaban J connectivity index is 1.78. The SMILES string of the molecule is COc1cccc2sc(NC(=O)[C@@H](NC(=O)c3ccc([N+](=O)[O-])cc3Cl)C(C)C)nc12. The summed E-state index contributed by atoms with van der Waals surface area (Å²) in [6, 6.07) is 8.12. The molecule has 0 saturated heterocycles. The first kappa shape index (κ1) is 22.4. The number of fused-ring (bicyclic) bond motifs is 1. The second kappa shape index (κ2) is 9.27. The van der Waals surface area contributed by atoms with Crippen LogP contribution in [0.25, 0.3) is 10.2 Å². The van der Waals surface area contributed by atoms with Gasteiger partial charge in [0.1, 0.15) is 17.3 Å². The number of non-ortho nitro benzene ring substituents is 1. The number of thiazole rings is 1. The van der Waals surface area contributed by atoms with Crippen molar-refractivity contribution in [2.24, 2.45) is 5.92 Å². The second-order valence-electron chi connectivity index (χ2n) is 6.93. The van der Waals surface area contributed by atoms with Gasteiger partial charge in [0.2, 0.25) is 5.91 Å². The molecule has 31 heavy (non-hydrogen) atoms. The molecule has 3 aromatic rings. The van der Waals surface area contributed by atoms with Crippen LogP contribution in [-0.4, -0.2) is 34.9 Å². The third kappa shape index (κ3) is 4.92. The van der Waals surface area contributed by atoms with Crippen LogP contribution in [0.15, 0.2) is 36.4 Å². The van der Waals surface area contributed by atoms with E-state index in [9.17, 15) is 19.7 Å². The van der Waals surface area contributed by atoms with Crippen molar-refractivity contribution in [3.63, 3.8) is 0 Å². The van der Waals surface area contributed by atoms with Gasteiger partial charge in [0.15, 0.2) is 5.13 Å². The number of carbonyl (C=O) groups is 2. The molecule has 0 bridgehead atoms. The molecule has 0 fully saturated rings. The number of anilines is 1. The number of halogens is 1. The minimum atomic E-state index is -0.882. The standard InChI is InChI=1S/C20H19ClN4O5S/c1-10(2)16(22-18(26)12-8-7-11(25(28)29)9-13(12)21)19(27)24-20-23-17-14(30-3)5-4-6-15(17)31-20/h4-10,16H,1-3H3,(H,22,26)(H,23,24,27)/t16-/m0/s1. The van der Waals surface area contributed by atoms with Crippen LogP contribution in [0.5, 0.6) is 5.75 Å². The molecule has 0 radical (unpaired) electrons. The second-order valence-corrected chi connectivity index (χ2v) is 8.37. The Morgan fingerprint density at radius 3 is 2.61 bits per heavy atom. The first-order valence-electron chi connectivity index (χ1n) is 9.20. The molecule has 2 aromatic carbocycles. The van der Waals surface area contributed by atoms with E-state index in [1.807, 2.05) is 12.1 Å². The Morgan fingerprint density at radius 2 is 2.00 bits per heavy atom. The number of aromatic nitrogens is 1. The Kier molecular flexibility index (Phi) is 6.71. The van der Waals surface area contributed by atoms with E-state index in [2.05, 4.69) is 15.6 Å². The summed E-state index contributed by atoms with van der Waals surface area (Å²) in [6.07, 6.45) is 0. The molecule has 11 heteroatoms. The van der Waals surface area contributed by atoms with Crippen LogP contribution in [0.4, 0.5) is 10.8 Å². The van der Waals surface area contributed by atoms with Crippen molar-refractivity contribution in [2.75, 3.05) is 12.4 Å². The maximum absolute atomic E-state index is 12.9. The van der Waals surface area contributed by atoms with Crippen molar-refractivity contribution in [1.82, 2.24) is 10.3 Å². The molecule has 3 rings (SSSR count). The highest BCUT2D eigenvalue weighted by molar-refractivity contribution is 7.22. The highest BCUT2D eigenvalue weighted by Crippen LogP contribution is 2.32. The largest absolute Gasteiger partial charge is 0.494 e. The number of para-hydroxylation sites is 1. The average molecular weight is 463 g/mol. The number of amides is 2. The first-order chi connectivity index (χ1) is 14.7. The summed E-state index contributed by atoms with van der Waals surface area (Å²) in [4.78, 5) is 40.2. The number of benzene rings is 2. The van der Waals surface area contributed by atoms with E-state index >= 15 is 0 Å². The minimum Gasteiger partial charge on any atom is -0.494 e. The summed E-state index contributed by atoms with van der Waals surface area (Å²) >= 11 is 7.31. The Labute approximate surface area is 186 Å². The Morgan fingerprint density at radius 1 is 1.26 bits per heavy atom. The van der Waals surface area contributed by atoms with Crippen molar-refractivity contribution in [3.8, 4) is 5.75 Å². The molecule has 162 valence electrons. The fourth-order valence-electron chi connectivity index (χ4n) is 2.88. The third-order valence-corrected chi connectivity index (χ3v) is 5.72. The highest BCUT2D eigenvalue weighted by Gasteiger charge is 2.27. The van der Waals surface area contributed by atoms with Gasteiger partial charge >= 0.3 is 0 Å². The molecule has 1 atom stereocenters. The zero-order valence-corrected chi connectivity index (χ0v) is 18.4. The zero-order chi connectivity index (χ0) is 22.7. The van der Waals surface area contributed by atoms with E-state index < -0.39 is 22.8 Å². The monoisotopic (exact) mass is 462 g/mol. The van der Waals surface area contributed by atoms with Crippen molar-refractivity contribution in [3.05, 3.63) is 57.1 Å². The molecule has 2 N–H and O–H groups in total. The fourth-order valence-corrected chi connectivity index (χ4v) is 4.03. The van der Waals surface area contributed by atoms with Gasteiger partial charge in [-0.1, -0.05) is 42.9 Å². The molecule has 0 spiro atoms. The topological polar surface area (TPSA) is 123 Å². The van der Waals surface area contributed by atoms with Crippen LogP contribution >= 0.6 is 22.9 Å². The van der Waals surface area contributed by atoms with Crippen LogP contribution < -0.4 is 15.4 Å². The maximum atomic E-state index is 12.9. The van der Waals surface area contributed by atoms with Gasteiger partial charge in [-0.15, -0.1) is 0 Å². The number of rotatable bonds is 7. The van der Waals surface area contributed by atoms with Crippen LogP contribution in [0.1, 0.15) is 24.2 Å². The van der Waals surface area contributed by atoms with E-state index in [-0.39, 0.29) is 22.2 Å². The lowest BCUT2D eigenvalue weighted by Gasteiger charge is -2.21. The molecule has 0 aliphatic heterocycles. The minimum absolute atomic E-state index is 0.0374. The number of hydrogen-bond acceptors (Lipinski definition) is 7. The summed E-state index contributed by atoms with van der Waals surface area (Å²) in [5.74, 6) is -0.709. The predicted molar refractivity (Wildman–Crippen MR) is 119 cm³/mol. The van der Waals surface area contributed by atoms with E-state index in [1.54, 1.807) is 27.0 Å². The number of nitro benzene ring substituents is 1. The number of nitro groups is 1. The number of nitrogens with zero attached hydrogens (tertiary/aromatic N) is 2. The molecule has 0 aliphatic carbocycles. The molecular weight excluding hydrogens is 444 g/mol. The van der Waals surface area contributed by atoms with Crippen molar-refractivity contribution >= 4 is 55.8 Å². The normalized spacial score (nSPS) is 11.9. The molecular formula is C20H19ClN4O5S. The molecule has 0 aliphatic rings. The van der Waals surface area contributed by atoms with Crippen molar-refractivity contribution in [2.45, 2.75) is 19.9 Å². The molecule has 2 amide bonds. The summed E-state index contributed by atoms with van der Waals surface area (Å²) in [5, 5.41) is 16.5. The van der Waals surface area contributed by atoms with E-state index in [0.29, 0.717) is 16.4 Å². The smallest absolute Gasteiger partial charge is 0.270 e. The molecule has 9 nitrogen and oxygen atoms in total. The fraction of sp³-hybridized carbons (Fsp3) is 0.250. The van der Waals surface area contributed by atoms with Crippen LogP contribution in [-0.2, 0) is 4.79 Å². The number of hydrogen-bond donors (Lipinski definition) is 2. The summed E-state index contributed by atoms with van der Waals surface area (Å²) in [7, 11) is 1.54. The van der Waals surface area contributed by atoms with E-state index in [4.69, 9.17) is 16.3 Å². The summed E-state index contributed by atoms with van der Waals surface area (Å²) < 4.78 is 6.13. The molecule has 1 heterocycles. The van der Waals surface area contributed by atoms with E-state index in [1.165, 1.54) is 23.5 Å². The summed E-state index contributed by atoms with van der Waals surface area (Å²) in [5.41, 5.74) is 0.439. The average Bonchev–Trinajstić information content (AvgIpc) is 3.13. The Bertz CT molecular complexity index is 1160. The predicted octanol–water partition coefficient (Wildman–Crippen LogP) is 4.26. The number of ether oxygens (including phenoxy) is 1. The van der Waals surface area contributed by atoms with Gasteiger partial charge in [-0.25, -0.2) is 4.98 Å². The number of carbonyl (C=O) groups excluding carboxylic acids is 2. The lowest BCUT2D eigenvalue weighted by molar-refractivity contribution is -0.384. The van der Waals surface area contributed by atoms with Crippen LogP contribution in [0, 0.1) is 16.0 Å². The van der Waals surface area contributed by atoms with Gasteiger partial charge in [0, 0.05) is 12.1 Å².